The van der Waals surface area contributed by atoms with Crippen molar-refractivity contribution in [2.75, 3.05) is 0 Å². The molecule has 0 atom stereocenters. The maximum atomic E-state index is 5.45. The van der Waals surface area contributed by atoms with Crippen LogP contribution in [0.3, 0.4) is 0 Å². The van der Waals surface area contributed by atoms with E-state index in [4.69, 9.17) is 5.84 Å². The minimum absolute atomic E-state index is 0.935. The Morgan fingerprint density at radius 3 is 2.06 bits per heavy atom. The highest BCUT2D eigenvalue weighted by Gasteiger charge is 2.00. The molecule has 0 fully saturated rings. The summed E-state index contributed by atoms with van der Waals surface area (Å²) >= 11 is 0. The van der Waals surface area contributed by atoms with Crippen molar-refractivity contribution >= 4 is 5.70 Å². The third-order valence-corrected chi connectivity index (χ3v) is 2.75. The quantitative estimate of drug-likeness (QED) is 0.620. The van der Waals surface area contributed by atoms with Crippen molar-refractivity contribution < 1.29 is 0 Å². The van der Waals surface area contributed by atoms with Gasteiger partial charge in [0.25, 0.3) is 0 Å². The molecule has 0 aliphatic carbocycles. The Balaban J connectivity index is 2.31. The molecular weight excluding hydrogens is 208 g/mol. The predicted octanol–water partition coefficient (Wildman–Crippen LogP) is 3.18. The SMILES string of the molecule is C/C=C(\NN)c1ccc(-c2ccccc2)cc1. The van der Waals surface area contributed by atoms with Crippen molar-refractivity contribution in [3.8, 4) is 11.1 Å². The molecule has 0 heterocycles. The number of allylic oxidation sites excluding steroid dienone is 1. The van der Waals surface area contributed by atoms with E-state index in [0.717, 1.165) is 11.3 Å². The van der Waals surface area contributed by atoms with Gasteiger partial charge in [-0.3, -0.25) is 5.84 Å². The van der Waals surface area contributed by atoms with Crippen LogP contribution in [0.15, 0.2) is 60.7 Å². The van der Waals surface area contributed by atoms with Gasteiger partial charge in [-0.05, 0) is 23.6 Å². The maximum absolute atomic E-state index is 5.45. The average Bonchev–Trinajstić information content (AvgIpc) is 2.42. The monoisotopic (exact) mass is 224 g/mol. The van der Waals surface area contributed by atoms with E-state index in [1.807, 2.05) is 31.2 Å². The number of hydrazine groups is 1. The summed E-state index contributed by atoms with van der Waals surface area (Å²) in [5, 5.41) is 0. The minimum Gasteiger partial charge on any atom is -0.324 e. The van der Waals surface area contributed by atoms with E-state index >= 15 is 0 Å². The lowest BCUT2D eigenvalue weighted by Crippen LogP contribution is -2.19. The second kappa shape index (κ2) is 5.32. The van der Waals surface area contributed by atoms with Crippen LogP contribution in [-0.4, -0.2) is 0 Å². The van der Waals surface area contributed by atoms with Crippen molar-refractivity contribution in [3.63, 3.8) is 0 Å². The summed E-state index contributed by atoms with van der Waals surface area (Å²) in [6, 6.07) is 18.7. The van der Waals surface area contributed by atoms with Gasteiger partial charge in [0.1, 0.15) is 0 Å². The molecule has 0 aliphatic heterocycles. The average molecular weight is 224 g/mol. The van der Waals surface area contributed by atoms with Crippen LogP contribution in [-0.2, 0) is 0 Å². The smallest absolute Gasteiger partial charge is 0.0514 e. The standard InChI is InChI=1S/C15H16N2/c1-2-15(17-16)14-10-8-13(9-11-14)12-6-4-3-5-7-12/h2-11,17H,16H2,1H3/b15-2-. The first-order chi connectivity index (χ1) is 8.35. The molecule has 2 rings (SSSR count). The summed E-state index contributed by atoms with van der Waals surface area (Å²) in [6.45, 7) is 1.96. The second-order valence-corrected chi connectivity index (χ2v) is 3.79. The van der Waals surface area contributed by atoms with E-state index in [2.05, 4.69) is 41.8 Å². The van der Waals surface area contributed by atoms with Crippen molar-refractivity contribution in [3.05, 3.63) is 66.2 Å². The molecular formula is C15H16N2. The second-order valence-electron chi connectivity index (χ2n) is 3.79. The highest BCUT2D eigenvalue weighted by Crippen LogP contribution is 2.21. The Hall–Kier alpha value is -2.06. The fraction of sp³-hybridized carbons (Fsp3) is 0.0667. The molecule has 3 N–H and O–H groups in total. The molecule has 0 amide bonds. The summed E-state index contributed by atoms with van der Waals surface area (Å²) in [7, 11) is 0. The summed E-state index contributed by atoms with van der Waals surface area (Å²) in [5.74, 6) is 5.45. The summed E-state index contributed by atoms with van der Waals surface area (Å²) in [6.07, 6.45) is 1.96. The topological polar surface area (TPSA) is 38.0 Å². The zero-order valence-corrected chi connectivity index (χ0v) is 9.85. The zero-order valence-electron chi connectivity index (χ0n) is 9.85. The van der Waals surface area contributed by atoms with Crippen molar-refractivity contribution in [1.82, 2.24) is 5.43 Å². The Kier molecular flexibility index (Phi) is 3.58. The van der Waals surface area contributed by atoms with Crippen molar-refractivity contribution in [2.24, 2.45) is 5.84 Å². The number of benzene rings is 2. The molecule has 0 saturated carbocycles. The van der Waals surface area contributed by atoms with Crippen LogP contribution in [0.2, 0.25) is 0 Å². The number of nitrogens with one attached hydrogen (secondary N) is 1. The maximum Gasteiger partial charge on any atom is 0.0514 e. The molecule has 2 aromatic carbocycles. The van der Waals surface area contributed by atoms with Crippen LogP contribution in [0.5, 0.6) is 0 Å². The van der Waals surface area contributed by atoms with Gasteiger partial charge < -0.3 is 5.43 Å². The molecule has 2 nitrogen and oxygen atoms in total. The molecule has 17 heavy (non-hydrogen) atoms. The van der Waals surface area contributed by atoms with E-state index in [-0.39, 0.29) is 0 Å². The lowest BCUT2D eigenvalue weighted by Gasteiger charge is -2.07. The fourth-order valence-electron chi connectivity index (χ4n) is 1.81. The molecule has 0 bridgehead atoms. The van der Waals surface area contributed by atoms with Gasteiger partial charge >= 0.3 is 0 Å². The lowest BCUT2D eigenvalue weighted by atomic mass is 10.0. The van der Waals surface area contributed by atoms with Gasteiger partial charge in [0.05, 0.1) is 5.70 Å². The molecule has 0 aromatic heterocycles. The van der Waals surface area contributed by atoms with Crippen LogP contribution in [0, 0.1) is 0 Å². The Morgan fingerprint density at radius 1 is 0.941 bits per heavy atom. The fourth-order valence-corrected chi connectivity index (χ4v) is 1.81. The molecule has 0 unspecified atom stereocenters. The van der Waals surface area contributed by atoms with Crippen LogP contribution in [0.1, 0.15) is 12.5 Å². The van der Waals surface area contributed by atoms with Gasteiger partial charge in [0.2, 0.25) is 0 Å². The van der Waals surface area contributed by atoms with E-state index in [1.165, 1.54) is 11.1 Å². The first-order valence-corrected chi connectivity index (χ1v) is 5.64. The van der Waals surface area contributed by atoms with E-state index in [1.54, 1.807) is 0 Å². The Labute approximate surface area is 102 Å². The minimum atomic E-state index is 0.935. The largest absolute Gasteiger partial charge is 0.324 e. The van der Waals surface area contributed by atoms with Gasteiger partial charge in [0.15, 0.2) is 0 Å². The Bertz CT molecular complexity index is 498. The number of rotatable bonds is 3. The molecule has 2 aromatic rings. The van der Waals surface area contributed by atoms with Crippen LogP contribution < -0.4 is 11.3 Å². The number of hydrogen-bond donors (Lipinski definition) is 2. The summed E-state index contributed by atoms with van der Waals surface area (Å²) < 4.78 is 0. The number of hydrogen-bond acceptors (Lipinski definition) is 2. The Morgan fingerprint density at radius 2 is 1.53 bits per heavy atom. The summed E-state index contributed by atoms with van der Waals surface area (Å²) in [4.78, 5) is 0. The molecule has 0 spiro atoms. The molecule has 0 saturated heterocycles. The van der Waals surface area contributed by atoms with Gasteiger partial charge in [-0.1, -0.05) is 60.7 Å². The summed E-state index contributed by atoms with van der Waals surface area (Å²) in [5.41, 5.74) is 7.15. The normalized spacial score (nSPS) is 11.3. The molecule has 2 heteroatoms. The van der Waals surface area contributed by atoms with Gasteiger partial charge in [-0.25, -0.2) is 0 Å². The molecule has 0 radical (unpaired) electrons. The highest BCUT2D eigenvalue weighted by atomic mass is 15.2. The van der Waals surface area contributed by atoms with Gasteiger partial charge in [0, 0.05) is 0 Å². The first kappa shape index (κ1) is 11.4. The number of nitrogens with two attached hydrogens (primary N) is 1. The van der Waals surface area contributed by atoms with Crippen LogP contribution in [0.25, 0.3) is 16.8 Å². The zero-order chi connectivity index (χ0) is 12.1. The van der Waals surface area contributed by atoms with Crippen LogP contribution in [0.4, 0.5) is 0 Å². The first-order valence-electron chi connectivity index (χ1n) is 5.64. The van der Waals surface area contributed by atoms with Crippen molar-refractivity contribution in [2.45, 2.75) is 6.92 Å². The van der Waals surface area contributed by atoms with Crippen LogP contribution >= 0.6 is 0 Å². The third-order valence-electron chi connectivity index (χ3n) is 2.75. The van der Waals surface area contributed by atoms with E-state index < -0.39 is 0 Å². The predicted molar refractivity (Wildman–Crippen MR) is 72.9 cm³/mol. The van der Waals surface area contributed by atoms with Crippen molar-refractivity contribution in [1.29, 1.82) is 0 Å². The van der Waals surface area contributed by atoms with Gasteiger partial charge in [-0.2, -0.15) is 0 Å². The highest BCUT2D eigenvalue weighted by molar-refractivity contribution is 5.69. The third kappa shape index (κ3) is 2.55. The lowest BCUT2D eigenvalue weighted by molar-refractivity contribution is 0.989. The molecule has 0 aliphatic rings. The van der Waals surface area contributed by atoms with E-state index in [9.17, 15) is 0 Å². The molecule has 86 valence electrons. The van der Waals surface area contributed by atoms with E-state index in [0.29, 0.717) is 0 Å². The van der Waals surface area contributed by atoms with Gasteiger partial charge in [-0.15, -0.1) is 0 Å².